The van der Waals surface area contributed by atoms with Crippen molar-refractivity contribution in [2.75, 3.05) is 0 Å². The minimum atomic E-state index is -4.31. The first-order valence-corrected chi connectivity index (χ1v) is 11.8. The van der Waals surface area contributed by atoms with Crippen molar-refractivity contribution in [3.63, 3.8) is 0 Å². The molecule has 165 valence electrons. The number of allylic oxidation sites excluding steroid dienone is 1. The molecular formula is C26H21N2O4S. The van der Waals surface area contributed by atoms with Crippen molar-refractivity contribution in [1.29, 1.82) is 0 Å². The molecule has 6 nitrogen and oxygen atoms in total. The van der Waals surface area contributed by atoms with Gasteiger partial charge in [-0.2, -0.15) is 13.2 Å². The summed E-state index contributed by atoms with van der Waals surface area (Å²) in [5, 5.41) is 0. The number of carbonyl (C=O) groups excluding carboxylic acids is 1. The van der Waals surface area contributed by atoms with Crippen molar-refractivity contribution >= 4 is 26.5 Å². The normalized spacial score (nSPS) is 15.2. The number of rotatable bonds is 6. The maximum absolute atomic E-state index is 13.1. The van der Waals surface area contributed by atoms with Gasteiger partial charge in [-0.15, -0.1) is 0 Å². The van der Waals surface area contributed by atoms with Crippen LogP contribution in [0.1, 0.15) is 47.3 Å². The molecule has 0 saturated carbocycles. The Balaban J connectivity index is 1.67. The Hall–Kier alpha value is -3.80. The van der Waals surface area contributed by atoms with E-state index in [9.17, 15) is 13.2 Å². The first kappa shape index (κ1) is 22.4. The van der Waals surface area contributed by atoms with Crippen LogP contribution in [0.25, 0.3) is 10.4 Å². The molecule has 0 N–H and O–H groups in total. The molecule has 0 fully saturated rings. The van der Waals surface area contributed by atoms with E-state index in [0.29, 0.717) is 0 Å². The fourth-order valence-electron chi connectivity index (χ4n) is 3.96. The maximum Gasteiger partial charge on any atom is 0.364 e. The van der Waals surface area contributed by atoms with Crippen LogP contribution >= 0.6 is 0 Å². The van der Waals surface area contributed by atoms with Crippen molar-refractivity contribution < 1.29 is 22.2 Å². The molecule has 7 heteroatoms. The third kappa shape index (κ3) is 4.04. The summed E-state index contributed by atoms with van der Waals surface area (Å²) in [4.78, 5) is 15.1. The number of fused-ring (bicyclic) bond motifs is 1. The van der Waals surface area contributed by atoms with Gasteiger partial charge in [-0.1, -0.05) is 74.5 Å². The zero-order chi connectivity index (χ0) is 23.6. The van der Waals surface area contributed by atoms with Crippen molar-refractivity contribution in [2.24, 2.45) is 0 Å². The highest BCUT2D eigenvalue weighted by molar-refractivity contribution is 7.96. The molecule has 0 spiro atoms. The van der Waals surface area contributed by atoms with Gasteiger partial charge >= 0.3 is 15.8 Å². The molecule has 0 aromatic heterocycles. The largest absolute Gasteiger partial charge is 0.379 e. The van der Waals surface area contributed by atoms with Crippen LogP contribution in [0.4, 0.5) is 0 Å². The first-order valence-electron chi connectivity index (χ1n) is 10.4. The molecule has 3 aromatic carbocycles. The molecule has 3 aromatic rings. The molecule has 0 heterocycles. The number of ketones is 1. The third-order valence-corrected chi connectivity index (χ3v) is 7.36. The van der Waals surface area contributed by atoms with E-state index in [-0.39, 0.29) is 32.9 Å². The number of hydrogen-bond donors (Lipinski definition) is 0. The second-order valence-electron chi connectivity index (χ2n) is 7.90. The van der Waals surface area contributed by atoms with Crippen LogP contribution in [0, 0.1) is 6.07 Å². The molecule has 1 aliphatic carbocycles. The van der Waals surface area contributed by atoms with Crippen molar-refractivity contribution in [2.45, 2.75) is 25.7 Å². The summed E-state index contributed by atoms with van der Waals surface area (Å²) in [5.41, 5.74) is 11.0. The Morgan fingerprint density at radius 1 is 0.970 bits per heavy atom. The van der Waals surface area contributed by atoms with Gasteiger partial charge in [0.1, 0.15) is 10.7 Å². The van der Waals surface area contributed by atoms with Crippen LogP contribution in [0.5, 0.6) is 5.75 Å². The minimum absolute atomic E-state index is 0.129. The highest BCUT2D eigenvalue weighted by atomic mass is 32.2. The fraction of sp³-hybridized carbons (Fsp3) is 0.154. The van der Waals surface area contributed by atoms with Gasteiger partial charge in [0.15, 0.2) is 0 Å². The van der Waals surface area contributed by atoms with Crippen LogP contribution in [-0.4, -0.2) is 24.7 Å². The molecule has 1 atom stereocenters. The molecule has 1 aliphatic rings. The maximum atomic E-state index is 13.1. The van der Waals surface area contributed by atoms with E-state index in [1.807, 2.05) is 36.4 Å². The first-order chi connectivity index (χ1) is 15.8. The van der Waals surface area contributed by atoms with Crippen LogP contribution in [-0.2, 0) is 15.5 Å². The van der Waals surface area contributed by atoms with Crippen LogP contribution in [0.3, 0.4) is 0 Å². The Morgan fingerprint density at radius 2 is 1.58 bits per heavy atom. The lowest BCUT2D eigenvalue weighted by Gasteiger charge is -2.29. The predicted molar refractivity (Wildman–Crippen MR) is 125 cm³/mol. The smallest absolute Gasteiger partial charge is 0.364 e. The molecule has 0 aliphatic heterocycles. The fourth-order valence-corrected chi connectivity index (χ4v) is 5.12. The molecule has 1 unspecified atom stereocenters. The zero-order valence-electron chi connectivity index (χ0n) is 18.1. The SMILES string of the molecule is CCC(C)(c1cc[c]cc1)c1ccc(OS(=O)(=O)C2=CC(=[N+]=[N-])C(=O)c3ccccc32)cc1. The highest BCUT2D eigenvalue weighted by Crippen LogP contribution is 2.36. The summed E-state index contributed by atoms with van der Waals surface area (Å²) < 4.78 is 31.6. The van der Waals surface area contributed by atoms with Crippen molar-refractivity contribution in [3.05, 3.63) is 113 Å². The zero-order valence-corrected chi connectivity index (χ0v) is 19.0. The molecular weight excluding hydrogens is 436 g/mol. The molecule has 4 rings (SSSR count). The van der Waals surface area contributed by atoms with Gasteiger partial charge < -0.3 is 9.71 Å². The van der Waals surface area contributed by atoms with E-state index in [0.717, 1.165) is 23.6 Å². The monoisotopic (exact) mass is 457 g/mol. The molecule has 33 heavy (non-hydrogen) atoms. The summed E-state index contributed by atoms with van der Waals surface area (Å²) in [5.74, 6) is -0.426. The van der Waals surface area contributed by atoms with E-state index in [1.165, 1.54) is 12.1 Å². The quantitative estimate of drug-likeness (QED) is 0.301. The molecule has 0 saturated heterocycles. The third-order valence-electron chi connectivity index (χ3n) is 6.07. The Labute approximate surface area is 192 Å². The van der Waals surface area contributed by atoms with Crippen LogP contribution < -0.4 is 4.18 Å². The minimum Gasteiger partial charge on any atom is -0.379 e. The van der Waals surface area contributed by atoms with Crippen molar-refractivity contribution in [1.82, 2.24) is 0 Å². The number of hydrogen-bond acceptors (Lipinski definition) is 4. The van der Waals surface area contributed by atoms with Gasteiger partial charge in [-0.05, 0) is 35.7 Å². The van der Waals surface area contributed by atoms with E-state index in [4.69, 9.17) is 9.71 Å². The van der Waals surface area contributed by atoms with Gasteiger partial charge in [0.05, 0.1) is 6.08 Å². The van der Waals surface area contributed by atoms with Crippen LogP contribution in [0.2, 0.25) is 0 Å². The lowest BCUT2D eigenvalue weighted by molar-refractivity contribution is -0.00437. The number of Topliss-reactive ketones (excluding diaryl/α,β-unsaturated/α-hetero) is 1. The number of nitrogens with zero attached hydrogens (tertiary/aromatic N) is 2. The lowest BCUT2D eigenvalue weighted by Crippen LogP contribution is -2.24. The average Bonchev–Trinajstić information content (AvgIpc) is 2.84. The molecule has 0 amide bonds. The van der Waals surface area contributed by atoms with Gasteiger partial charge in [-0.3, -0.25) is 4.79 Å². The standard InChI is InChI=1S/C26H21N2O4S/c1-3-26(2,18-9-5-4-6-10-18)19-13-15-20(16-14-19)32-33(30,31)24-17-23(28-27)25(29)22-12-8-7-11-21(22)24/h5-17H,3H2,1-2H3. The topological polar surface area (TPSA) is 96.8 Å². The Morgan fingerprint density at radius 3 is 2.18 bits per heavy atom. The summed E-state index contributed by atoms with van der Waals surface area (Å²) in [6.07, 6.45) is 1.87. The van der Waals surface area contributed by atoms with E-state index < -0.39 is 15.9 Å². The summed E-state index contributed by atoms with van der Waals surface area (Å²) in [6, 6.07) is 23.9. The van der Waals surface area contributed by atoms with E-state index in [1.54, 1.807) is 24.3 Å². The summed E-state index contributed by atoms with van der Waals surface area (Å²) in [7, 11) is -4.31. The van der Waals surface area contributed by atoms with Gasteiger partial charge in [0.25, 0.3) is 5.78 Å². The van der Waals surface area contributed by atoms with Gasteiger partial charge in [0, 0.05) is 16.5 Å². The number of benzene rings is 3. The number of carbonyl (C=O) groups is 1. The summed E-state index contributed by atoms with van der Waals surface area (Å²) in [6.45, 7) is 4.23. The Kier molecular flexibility index (Phi) is 5.85. The van der Waals surface area contributed by atoms with Crippen LogP contribution in [0.15, 0.2) is 78.9 Å². The second-order valence-corrected chi connectivity index (χ2v) is 9.42. The Bertz CT molecular complexity index is 1400. The van der Waals surface area contributed by atoms with E-state index >= 15 is 0 Å². The van der Waals surface area contributed by atoms with Gasteiger partial charge in [0.2, 0.25) is 0 Å². The van der Waals surface area contributed by atoms with Gasteiger partial charge in [-0.25, -0.2) is 0 Å². The van der Waals surface area contributed by atoms with E-state index in [2.05, 4.69) is 24.7 Å². The average molecular weight is 458 g/mol. The molecule has 0 bridgehead atoms. The molecule has 1 radical (unpaired) electrons. The lowest BCUT2D eigenvalue weighted by atomic mass is 9.74. The van der Waals surface area contributed by atoms with Crippen molar-refractivity contribution in [3.8, 4) is 5.75 Å². The highest BCUT2D eigenvalue weighted by Gasteiger charge is 2.36. The predicted octanol–water partition coefficient (Wildman–Crippen LogP) is 4.82. The summed E-state index contributed by atoms with van der Waals surface area (Å²) >= 11 is 0. The second kappa shape index (κ2) is 8.62.